The highest BCUT2D eigenvalue weighted by Gasteiger charge is 2.20. The number of anilines is 1. The minimum atomic E-state index is 0.212. The summed E-state index contributed by atoms with van der Waals surface area (Å²) >= 11 is 12.1. The summed E-state index contributed by atoms with van der Waals surface area (Å²) in [5, 5.41) is 15.2. The van der Waals surface area contributed by atoms with E-state index < -0.39 is 0 Å². The van der Waals surface area contributed by atoms with Crippen molar-refractivity contribution in [3.8, 4) is 11.3 Å². The van der Waals surface area contributed by atoms with Gasteiger partial charge in [0.05, 0.1) is 28.5 Å². The standard InChI is InChI=1S/C23H27Cl2N5O/c24-20-7-6-18(12-21(20)25)22-13-23(29-28-22)27-9-8-26-14-19-16-30(10-11-31-19)15-17-4-2-1-3-5-17/h1-7,12-13,19,26H,8-11,14-16H2,(H2,27,28,29). The lowest BCUT2D eigenvalue weighted by atomic mass is 10.1. The smallest absolute Gasteiger partial charge is 0.148 e. The zero-order valence-electron chi connectivity index (χ0n) is 17.3. The normalized spacial score (nSPS) is 17.0. The molecule has 3 N–H and O–H groups in total. The van der Waals surface area contributed by atoms with Gasteiger partial charge in [-0.3, -0.25) is 10.00 Å². The van der Waals surface area contributed by atoms with Crippen molar-refractivity contribution < 1.29 is 4.74 Å². The van der Waals surface area contributed by atoms with Gasteiger partial charge in [-0.15, -0.1) is 0 Å². The summed E-state index contributed by atoms with van der Waals surface area (Å²) in [6.07, 6.45) is 0.212. The number of benzene rings is 2. The molecule has 1 fully saturated rings. The van der Waals surface area contributed by atoms with Crippen LogP contribution in [0.25, 0.3) is 11.3 Å². The summed E-state index contributed by atoms with van der Waals surface area (Å²) in [5.41, 5.74) is 3.19. The van der Waals surface area contributed by atoms with Crippen molar-refractivity contribution in [3.63, 3.8) is 0 Å². The van der Waals surface area contributed by atoms with Crippen LogP contribution in [0.4, 0.5) is 5.82 Å². The Balaban J connectivity index is 1.16. The van der Waals surface area contributed by atoms with Crippen LogP contribution in [0.5, 0.6) is 0 Å². The first-order valence-corrected chi connectivity index (χ1v) is 11.3. The zero-order valence-corrected chi connectivity index (χ0v) is 18.8. The number of aromatic nitrogens is 2. The molecule has 2 heterocycles. The van der Waals surface area contributed by atoms with Crippen LogP contribution in [-0.4, -0.2) is 60.5 Å². The average molecular weight is 460 g/mol. The zero-order chi connectivity index (χ0) is 21.5. The molecule has 4 rings (SSSR count). The SMILES string of the molecule is Clc1ccc(-c2cc(NCCNCC3CN(Cc4ccccc4)CCO3)n[nH]2)cc1Cl. The molecule has 0 bridgehead atoms. The molecule has 31 heavy (non-hydrogen) atoms. The summed E-state index contributed by atoms with van der Waals surface area (Å²) in [5.74, 6) is 0.797. The fourth-order valence-corrected chi connectivity index (χ4v) is 3.95. The third-order valence-electron chi connectivity index (χ3n) is 5.26. The van der Waals surface area contributed by atoms with Crippen LogP contribution < -0.4 is 10.6 Å². The molecule has 0 saturated carbocycles. The fourth-order valence-electron chi connectivity index (χ4n) is 3.65. The number of ether oxygens (including phenoxy) is 1. The third kappa shape index (κ3) is 6.45. The fraction of sp³-hybridized carbons (Fsp3) is 0.348. The molecule has 1 unspecified atom stereocenters. The summed E-state index contributed by atoms with van der Waals surface area (Å²) < 4.78 is 5.92. The molecule has 1 atom stereocenters. The highest BCUT2D eigenvalue weighted by Crippen LogP contribution is 2.28. The molecule has 0 spiro atoms. The minimum Gasteiger partial charge on any atom is -0.374 e. The van der Waals surface area contributed by atoms with E-state index in [4.69, 9.17) is 27.9 Å². The number of rotatable bonds is 9. The van der Waals surface area contributed by atoms with Gasteiger partial charge >= 0.3 is 0 Å². The average Bonchev–Trinajstić information content (AvgIpc) is 3.25. The quantitative estimate of drug-likeness (QED) is 0.416. The van der Waals surface area contributed by atoms with Crippen LogP contribution in [0, 0.1) is 0 Å². The molecule has 0 amide bonds. The van der Waals surface area contributed by atoms with E-state index in [1.807, 2.05) is 18.2 Å². The first-order valence-electron chi connectivity index (χ1n) is 10.5. The number of morpholine rings is 1. The maximum absolute atomic E-state index is 6.10. The molecule has 1 aliphatic rings. The van der Waals surface area contributed by atoms with Crippen LogP contribution in [0.2, 0.25) is 10.0 Å². The summed E-state index contributed by atoms with van der Waals surface area (Å²) in [7, 11) is 0. The van der Waals surface area contributed by atoms with Crippen molar-refractivity contribution in [3.05, 3.63) is 70.2 Å². The lowest BCUT2D eigenvalue weighted by Crippen LogP contribution is -2.46. The Morgan fingerprint density at radius 2 is 1.94 bits per heavy atom. The van der Waals surface area contributed by atoms with Gasteiger partial charge in [-0.25, -0.2) is 0 Å². The lowest BCUT2D eigenvalue weighted by molar-refractivity contribution is -0.0297. The van der Waals surface area contributed by atoms with Crippen LogP contribution in [0.3, 0.4) is 0 Å². The maximum atomic E-state index is 6.10. The number of halogens is 2. The van der Waals surface area contributed by atoms with Gasteiger partial charge < -0.3 is 15.4 Å². The van der Waals surface area contributed by atoms with Crippen LogP contribution in [-0.2, 0) is 11.3 Å². The van der Waals surface area contributed by atoms with E-state index in [2.05, 4.69) is 56.1 Å². The highest BCUT2D eigenvalue weighted by atomic mass is 35.5. The van der Waals surface area contributed by atoms with E-state index in [0.29, 0.717) is 10.0 Å². The first-order chi connectivity index (χ1) is 15.2. The van der Waals surface area contributed by atoms with Gasteiger partial charge in [0.1, 0.15) is 5.82 Å². The Labute approximate surface area is 192 Å². The van der Waals surface area contributed by atoms with E-state index in [-0.39, 0.29) is 6.10 Å². The molecule has 6 nitrogen and oxygen atoms in total. The Bertz CT molecular complexity index is 966. The Hall–Kier alpha value is -2.09. The molecule has 0 aliphatic carbocycles. The summed E-state index contributed by atoms with van der Waals surface area (Å²) in [6, 6.07) is 18.1. The maximum Gasteiger partial charge on any atom is 0.148 e. The number of aromatic amines is 1. The molecular formula is C23H27Cl2N5O. The van der Waals surface area contributed by atoms with Crippen LogP contribution in [0.15, 0.2) is 54.6 Å². The first kappa shape index (κ1) is 22.1. The Morgan fingerprint density at radius 3 is 2.77 bits per heavy atom. The molecule has 1 saturated heterocycles. The number of H-pyrrole nitrogens is 1. The number of nitrogens with one attached hydrogen (secondary N) is 3. The van der Waals surface area contributed by atoms with Gasteiger partial charge in [0.25, 0.3) is 0 Å². The molecule has 0 radical (unpaired) electrons. The Morgan fingerprint density at radius 1 is 1.06 bits per heavy atom. The topological polar surface area (TPSA) is 65.2 Å². The molecule has 1 aliphatic heterocycles. The van der Waals surface area contributed by atoms with Crippen molar-refractivity contribution in [2.24, 2.45) is 0 Å². The van der Waals surface area contributed by atoms with Crippen LogP contribution in [0.1, 0.15) is 5.56 Å². The summed E-state index contributed by atoms with van der Waals surface area (Å²) in [6.45, 7) is 6.11. The largest absolute Gasteiger partial charge is 0.374 e. The van der Waals surface area contributed by atoms with Gasteiger partial charge in [-0.05, 0) is 17.7 Å². The summed E-state index contributed by atoms with van der Waals surface area (Å²) in [4.78, 5) is 2.46. The molecule has 2 aromatic carbocycles. The van der Waals surface area contributed by atoms with Gasteiger partial charge in [0.15, 0.2) is 0 Å². The minimum absolute atomic E-state index is 0.212. The van der Waals surface area contributed by atoms with Gasteiger partial charge in [0, 0.05) is 50.9 Å². The van der Waals surface area contributed by atoms with Gasteiger partial charge in [0.2, 0.25) is 0 Å². The third-order valence-corrected chi connectivity index (χ3v) is 6.00. The molecule has 8 heteroatoms. The van der Waals surface area contributed by atoms with E-state index in [0.717, 1.165) is 63.0 Å². The van der Waals surface area contributed by atoms with Crippen molar-refractivity contribution in [2.75, 3.05) is 44.6 Å². The molecule has 1 aromatic heterocycles. The van der Waals surface area contributed by atoms with E-state index >= 15 is 0 Å². The second-order valence-electron chi connectivity index (χ2n) is 7.64. The second-order valence-corrected chi connectivity index (χ2v) is 8.45. The van der Waals surface area contributed by atoms with Gasteiger partial charge in [-0.2, -0.15) is 5.10 Å². The molecule has 3 aromatic rings. The lowest BCUT2D eigenvalue weighted by Gasteiger charge is -2.33. The van der Waals surface area contributed by atoms with Crippen LogP contribution >= 0.6 is 23.2 Å². The highest BCUT2D eigenvalue weighted by molar-refractivity contribution is 6.42. The number of nitrogens with zero attached hydrogens (tertiary/aromatic N) is 2. The predicted octanol–water partition coefficient (Wildman–Crippen LogP) is 4.29. The predicted molar refractivity (Wildman–Crippen MR) is 127 cm³/mol. The van der Waals surface area contributed by atoms with Crippen molar-refractivity contribution in [1.29, 1.82) is 0 Å². The molecule has 164 valence electrons. The number of hydrogen-bond donors (Lipinski definition) is 3. The van der Waals surface area contributed by atoms with Crippen molar-refractivity contribution >= 4 is 29.0 Å². The monoisotopic (exact) mass is 459 g/mol. The second kappa shape index (κ2) is 11.0. The van der Waals surface area contributed by atoms with Crippen molar-refractivity contribution in [1.82, 2.24) is 20.4 Å². The van der Waals surface area contributed by atoms with Crippen molar-refractivity contribution in [2.45, 2.75) is 12.6 Å². The Kier molecular flexibility index (Phi) is 7.83. The van der Waals surface area contributed by atoms with E-state index in [9.17, 15) is 0 Å². The molecular weight excluding hydrogens is 433 g/mol. The number of hydrogen-bond acceptors (Lipinski definition) is 5. The van der Waals surface area contributed by atoms with E-state index in [1.165, 1.54) is 5.56 Å². The van der Waals surface area contributed by atoms with E-state index in [1.54, 1.807) is 6.07 Å². The van der Waals surface area contributed by atoms with Gasteiger partial charge in [-0.1, -0.05) is 59.6 Å².